The zero-order chi connectivity index (χ0) is 11.7. The van der Waals surface area contributed by atoms with E-state index < -0.39 is 0 Å². The lowest BCUT2D eigenvalue weighted by atomic mass is 9.94. The Morgan fingerprint density at radius 2 is 1.88 bits per heavy atom. The molecular formula is C15H18OS. The summed E-state index contributed by atoms with van der Waals surface area (Å²) < 4.78 is 0. The van der Waals surface area contributed by atoms with Crippen molar-refractivity contribution in [1.29, 1.82) is 0 Å². The van der Waals surface area contributed by atoms with Crippen molar-refractivity contribution in [3.8, 4) is 0 Å². The maximum Gasteiger partial charge on any atom is 0.0475 e. The molecule has 0 amide bonds. The summed E-state index contributed by atoms with van der Waals surface area (Å²) in [7, 11) is 0. The Kier molecular flexibility index (Phi) is 3.26. The van der Waals surface area contributed by atoms with E-state index in [0.29, 0.717) is 29.6 Å². The minimum Gasteiger partial charge on any atom is -0.396 e. The molecule has 0 aromatic heterocycles. The first-order chi connectivity index (χ1) is 8.38. The molecule has 0 heterocycles. The van der Waals surface area contributed by atoms with E-state index in [4.69, 9.17) is 0 Å². The van der Waals surface area contributed by atoms with Crippen LogP contribution in [0, 0.1) is 17.8 Å². The number of hydrogen-bond donors (Lipinski definition) is 1. The maximum atomic E-state index is 9.51. The summed E-state index contributed by atoms with van der Waals surface area (Å²) in [5, 5.41) is 10.1. The highest BCUT2D eigenvalue weighted by molar-refractivity contribution is 7.99. The zero-order valence-electron chi connectivity index (χ0n) is 9.83. The number of allylic oxidation sites excluding steroid dienone is 2. The lowest BCUT2D eigenvalue weighted by Gasteiger charge is -2.25. The van der Waals surface area contributed by atoms with Crippen LogP contribution in [0.4, 0.5) is 0 Å². The molecule has 4 atom stereocenters. The maximum absolute atomic E-state index is 9.51. The van der Waals surface area contributed by atoms with Crippen molar-refractivity contribution in [2.45, 2.75) is 17.4 Å². The summed E-state index contributed by atoms with van der Waals surface area (Å²) in [6.45, 7) is 0.345. The van der Waals surface area contributed by atoms with Gasteiger partial charge >= 0.3 is 0 Å². The average molecular weight is 246 g/mol. The van der Waals surface area contributed by atoms with Crippen molar-refractivity contribution in [2.24, 2.45) is 17.8 Å². The van der Waals surface area contributed by atoms with Gasteiger partial charge in [-0.15, -0.1) is 0 Å². The SMILES string of the molecule is OC[C@@H]1[C@H](SCc2ccccc2)[C@@H]2C=C[C@H]1C2. The van der Waals surface area contributed by atoms with E-state index in [2.05, 4.69) is 42.5 Å². The lowest BCUT2D eigenvalue weighted by molar-refractivity contribution is 0.210. The first-order valence-corrected chi connectivity index (χ1v) is 7.38. The molecule has 1 saturated carbocycles. The molecule has 3 rings (SSSR count). The van der Waals surface area contributed by atoms with Crippen LogP contribution >= 0.6 is 11.8 Å². The van der Waals surface area contributed by atoms with E-state index in [1.165, 1.54) is 12.0 Å². The van der Waals surface area contributed by atoms with E-state index >= 15 is 0 Å². The molecule has 0 unspecified atom stereocenters. The van der Waals surface area contributed by atoms with Crippen LogP contribution in [0.3, 0.4) is 0 Å². The smallest absolute Gasteiger partial charge is 0.0475 e. The standard InChI is InChI=1S/C15H18OS/c16-9-14-12-6-7-13(8-12)15(14)17-10-11-4-2-1-3-5-11/h1-7,12-16H,8-10H2/t12-,13+,14-,15+/m0/s1. The van der Waals surface area contributed by atoms with Crippen LogP contribution in [0.1, 0.15) is 12.0 Å². The van der Waals surface area contributed by atoms with Gasteiger partial charge in [-0.2, -0.15) is 11.8 Å². The van der Waals surface area contributed by atoms with Crippen LogP contribution in [0.2, 0.25) is 0 Å². The van der Waals surface area contributed by atoms with Gasteiger partial charge in [0.05, 0.1) is 0 Å². The van der Waals surface area contributed by atoms with Crippen molar-refractivity contribution in [3.63, 3.8) is 0 Å². The van der Waals surface area contributed by atoms with E-state index in [1.54, 1.807) is 0 Å². The summed E-state index contributed by atoms with van der Waals surface area (Å²) in [4.78, 5) is 0. The highest BCUT2D eigenvalue weighted by Gasteiger charge is 2.43. The van der Waals surface area contributed by atoms with E-state index in [-0.39, 0.29) is 0 Å². The van der Waals surface area contributed by atoms with Gasteiger partial charge in [0, 0.05) is 23.5 Å². The van der Waals surface area contributed by atoms with E-state index in [1.807, 2.05) is 11.8 Å². The van der Waals surface area contributed by atoms with Gasteiger partial charge in [-0.05, 0) is 23.8 Å². The molecule has 1 nitrogen and oxygen atoms in total. The molecule has 1 N–H and O–H groups in total. The topological polar surface area (TPSA) is 20.2 Å². The molecule has 1 aromatic carbocycles. The fourth-order valence-electron chi connectivity index (χ4n) is 3.13. The number of benzene rings is 1. The van der Waals surface area contributed by atoms with Crippen LogP contribution in [0.15, 0.2) is 42.5 Å². The number of fused-ring (bicyclic) bond motifs is 2. The number of thioether (sulfide) groups is 1. The third-order valence-corrected chi connectivity index (χ3v) is 5.62. The molecule has 2 aliphatic carbocycles. The fourth-order valence-corrected chi connectivity index (χ4v) is 4.69. The van der Waals surface area contributed by atoms with Crippen molar-refractivity contribution in [2.75, 3.05) is 6.61 Å². The molecule has 0 spiro atoms. The van der Waals surface area contributed by atoms with Gasteiger partial charge in [-0.3, -0.25) is 0 Å². The van der Waals surface area contributed by atoms with Crippen molar-refractivity contribution >= 4 is 11.8 Å². The van der Waals surface area contributed by atoms with Crippen LogP contribution in [0.25, 0.3) is 0 Å². The van der Waals surface area contributed by atoms with Gasteiger partial charge in [0.2, 0.25) is 0 Å². The van der Waals surface area contributed by atoms with Crippen molar-refractivity contribution in [3.05, 3.63) is 48.0 Å². The molecule has 1 aromatic rings. The molecule has 2 aliphatic rings. The number of aliphatic hydroxyl groups is 1. The lowest BCUT2D eigenvalue weighted by Crippen LogP contribution is -2.25. The van der Waals surface area contributed by atoms with Crippen LogP contribution in [0.5, 0.6) is 0 Å². The summed E-state index contributed by atoms with van der Waals surface area (Å²) >= 11 is 2.02. The summed E-state index contributed by atoms with van der Waals surface area (Å²) in [6, 6.07) is 10.6. The zero-order valence-corrected chi connectivity index (χ0v) is 10.6. The van der Waals surface area contributed by atoms with Crippen molar-refractivity contribution < 1.29 is 5.11 Å². The second-order valence-electron chi connectivity index (χ2n) is 5.06. The van der Waals surface area contributed by atoms with Gasteiger partial charge in [0.15, 0.2) is 0 Å². The average Bonchev–Trinajstić information content (AvgIpc) is 2.97. The van der Waals surface area contributed by atoms with Crippen LogP contribution in [-0.4, -0.2) is 17.0 Å². The molecule has 90 valence electrons. The monoisotopic (exact) mass is 246 g/mol. The Hall–Kier alpha value is -0.730. The normalized spacial score (nSPS) is 34.4. The Morgan fingerprint density at radius 3 is 2.65 bits per heavy atom. The minimum atomic E-state index is 0.345. The number of rotatable bonds is 4. The van der Waals surface area contributed by atoms with Crippen LogP contribution < -0.4 is 0 Å². The molecule has 2 heteroatoms. The second-order valence-corrected chi connectivity index (χ2v) is 6.22. The van der Waals surface area contributed by atoms with Gasteiger partial charge in [-0.25, -0.2) is 0 Å². The Morgan fingerprint density at radius 1 is 1.12 bits per heavy atom. The number of aliphatic hydroxyl groups excluding tert-OH is 1. The van der Waals surface area contributed by atoms with E-state index in [0.717, 1.165) is 5.75 Å². The molecule has 0 aliphatic heterocycles. The molecule has 2 bridgehead atoms. The predicted molar refractivity (Wildman–Crippen MR) is 72.8 cm³/mol. The van der Waals surface area contributed by atoms with Gasteiger partial charge < -0.3 is 5.11 Å². The van der Waals surface area contributed by atoms with E-state index in [9.17, 15) is 5.11 Å². The quantitative estimate of drug-likeness (QED) is 0.824. The van der Waals surface area contributed by atoms with Gasteiger partial charge in [0.1, 0.15) is 0 Å². The minimum absolute atomic E-state index is 0.345. The highest BCUT2D eigenvalue weighted by Crippen LogP contribution is 2.49. The molecular weight excluding hydrogens is 228 g/mol. The molecule has 17 heavy (non-hydrogen) atoms. The molecule has 0 radical (unpaired) electrons. The number of hydrogen-bond acceptors (Lipinski definition) is 2. The Bertz CT molecular complexity index is 401. The molecule has 0 saturated heterocycles. The van der Waals surface area contributed by atoms with Gasteiger partial charge in [-0.1, -0.05) is 42.5 Å². The second kappa shape index (κ2) is 4.87. The summed E-state index contributed by atoms with van der Waals surface area (Å²) in [6.07, 6.45) is 5.93. The predicted octanol–water partition coefficient (Wildman–Crippen LogP) is 3.10. The fraction of sp³-hybridized carbons (Fsp3) is 0.467. The first kappa shape index (κ1) is 11.4. The van der Waals surface area contributed by atoms with Crippen molar-refractivity contribution in [1.82, 2.24) is 0 Å². The highest BCUT2D eigenvalue weighted by atomic mass is 32.2. The summed E-state index contributed by atoms with van der Waals surface area (Å²) in [5.41, 5.74) is 1.39. The largest absolute Gasteiger partial charge is 0.396 e. The van der Waals surface area contributed by atoms with Crippen LogP contribution in [-0.2, 0) is 5.75 Å². The summed E-state index contributed by atoms with van der Waals surface area (Å²) in [5.74, 6) is 2.89. The molecule has 1 fully saturated rings. The van der Waals surface area contributed by atoms with Gasteiger partial charge in [0.25, 0.3) is 0 Å². The first-order valence-electron chi connectivity index (χ1n) is 6.33. The third kappa shape index (κ3) is 2.16. The Balaban J connectivity index is 1.64. The third-order valence-electron chi connectivity index (χ3n) is 4.04. The Labute approximate surface area is 107 Å².